The van der Waals surface area contributed by atoms with Crippen LogP contribution >= 0.6 is 0 Å². The number of hydrogen-bond acceptors (Lipinski definition) is 2. The quantitative estimate of drug-likeness (QED) is 0.724. The van der Waals surface area contributed by atoms with E-state index < -0.39 is 30.5 Å². The largest absolute Gasteiger partial charge is 0.493 e. The maximum absolute atomic E-state index is 13.6. The van der Waals surface area contributed by atoms with Gasteiger partial charge in [-0.05, 0) is 23.6 Å². The Hall–Kier alpha value is -1.51. The van der Waals surface area contributed by atoms with Gasteiger partial charge in [0.2, 0.25) is 0 Å². The summed E-state index contributed by atoms with van der Waals surface area (Å²) in [5, 5.41) is 9.61. The molecule has 1 unspecified atom stereocenters. The molecule has 0 radical (unpaired) electrons. The van der Waals surface area contributed by atoms with E-state index in [0.717, 1.165) is 12.1 Å². The van der Waals surface area contributed by atoms with E-state index in [2.05, 4.69) is 0 Å². The number of ether oxygens (including phenoxy) is 1. The fourth-order valence-electron chi connectivity index (χ4n) is 1.83. The van der Waals surface area contributed by atoms with Crippen molar-refractivity contribution in [2.75, 3.05) is 6.61 Å². The van der Waals surface area contributed by atoms with Crippen molar-refractivity contribution in [2.24, 2.45) is 5.92 Å². The maximum Gasteiger partial charge on any atom is 0.431 e. The SMILES string of the molecule is CC(C)COc1ccc(C(O)CC(F)(C(F)(F)F)C(F)(F)F)cc1. The molecule has 0 aliphatic rings. The van der Waals surface area contributed by atoms with Crippen molar-refractivity contribution in [1.29, 1.82) is 0 Å². The highest BCUT2D eigenvalue weighted by atomic mass is 19.4. The molecule has 0 fully saturated rings. The van der Waals surface area contributed by atoms with Crippen molar-refractivity contribution in [1.82, 2.24) is 0 Å². The van der Waals surface area contributed by atoms with Gasteiger partial charge in [0, 0.05) is 6.42 Å². The zero-order valence-corrected chi connectivity index (χ0v) is 12.9. The van der Waals surface area contributed by atoms with Crippen molar-refractivity contribution in [3.8, 4) is 5.75 Å². The summed E-state index contributed by atoms with van der Waals surface area (Å²) in [6, 6.07) is 4.74. The van der Waals surface area contributed by atoms with Crippen molar-refractivity contribution in [2.45, 2.75) is 44.4 Å². The fourth-order valence-corrected chi connectivity index (χ4v) is 1.83. The number of hydrogen-bond donors (Lipinski definition) is 1. The predicted molar refractivity (Wildman–Crippen MR) is 72.3 cm³/mol. The zero-order valence-electron chi connectivity index (χ0n) is 12.9. The van der Waals surface area contributed by atoms with Gasteiger partial charge < -0.3 is 9.84 Å². The molecule has 0 aliphatic heterocycles. The Labute approximate surface area is 134 Å². The summed E-state index contributed by atoms with van der Waals surface area (Å²) in [7, 11) is 0. The monoisotopic (exact) mass is 362 g/mol. The number of aliphatic hydroxyl groups is 1. The molecule has 1 aromatic rings. The van der Waals surface area contributed by atoms with E-state index in [1.54, 1.807) is 0 Å². The summed E-state index contributed by atoms with van der Waals surface area (Å²) >= 11 is 0. The van der Waals surface area contributed by atoms with Gasteiger partial charge in [-0.15, -0.1) is 0 Å². The molecule has 2 nitrogen and oxygen atoms in total. The first-order chi connectivity index (χ1) is 10.8. The molecule has 0 bridgehead atoms. The Bertz CT molecular complexity index is 506. The third kappa shape index (κ3) is 4.75. The van der Waals surface area contributed by atoms with Crippen LogP contribution in [0, 0.1) is 5.92 Å². The van der Waals surface area contributed by atoms with E-state index in [1.807, 2.05) is 13.8 Å². The van der Waals surface area contributed by atoms with Gasteiger partial charge in [-0.3, -0.25) is 0 Å². The number of alkyl halides is 7. The first kappa shape index (κ1) is 20.5. The summed E-state index contributed by atoms with van der Waals surface area (Å²) in [6.45, 7) is 4.12. The lowest BCUT2D eigenvalue weighted by molar-refractivity contribution is -0.347. The Morgan fingerprint density at radius 2 is 1.38 bits per heavy atom. The third-order valence-electron chi connectivity index (χ3n) is 3.22. The molecule has 1 aromatic carbocycles. The lowest BCUT2D eigenvalue weighted by Gasteiger charge is -2.31. The number of aliphatic hydroxyl groups excluding tert-OH is 1. The predicted octanol–water partition coefficient (Wildman–Crippen LogP) is 4.98. The van der Waals surface area contributed by atoms with Crippen LogP contribution in [0.1, 0.15) is 31.9 Å². The number of benzene rings is 1. The molecular formula is C15H17F7O2. The van der Waals surface area contributed by atoms with Crippen LogP contribution in [0.3, 0.4) is 0 Å². The first-order valence-corrected chi connectivity index (χ1v) is 7.01. The van der Waals surface area contributed by atoms with Gasteiger partial charge in [-0.25, -0.2) is 4.39 Å². The summed E-state index contributed by atoms with van der Waals surface area (Å²) in [5.74, 6) is 0.541. The van der Waals surface area contributed by atoms with E-state index in [9.17, 15) is 35.8 Å². The normalized spacial score (nSPS) is 14.8. The zero-order chi connectivity index (χ0) is 18.8. The molecule has 0 aliphatic carbocycles. The smallest absolute Gasteiger partial charge is 0.431 e. The van der Waals surface area contributed by atoms with Gasteiger partial charge in [0.15, 0.2) is 0 Å². The van der Waals surface area contributed by atoms with Crippen molar-refractivity contribution in [3.05, 3.63) is 29.8 Å². The van der Waals surface area contributed by atoms with Gasteiger partial charge in [0.25, 0.3) is 0 Å². The summed E-state index contributed by atoms with van der Waals surface area (Å²) in [6.07, 6.45) is -16.8. The number of halogens is 7. The van der Waals surface area contributed by atoms with E-state index in [1.165, 1.54) is 12.1 Å². The number of rotatable bonds is 6. The summed E-state index contributed by atoms with van der Waals surface area (Å²) < 4.78 is 93.8. The average Bonchev–Trinajstić information content (AvgIpc) is 2.43. The Morgan fingerprint density at radius 1 is 0.917 bits per heavy atom. The van der Waals surface area contributed by atoms with Gasteiger partial charge >= 0.3 is 18.0 Å². The second-order valence-corrected chi connectivity index (χ2v) is 5.79. The fraction of sp³-hybridized carbons (Fsp3) is 0.600. The van der Waals surface area contributed by atoms with Crippen LogP contribution in [0.4, 0.5) is 30.7 Å². The molecule has 0 heterocycles. The van der Waals surface area contributed by atoms with Crippen LogP contribution in [0.15, 0.2) is 24.3 Å². The molecule has 0 aromatic heterocycles. The second-order valence-electron chi connectivity index (χ2n) is 5.79. The van der Waals surface area contributed by atoms with E-state index in [0.29, 0.717) is 12.4 Å². The minimum atomic E-state index is -6.19. The van der Waals surface area contributed by atoms with Gasteiger partial charge in [-0.1, -0.05) is 26.0 Å². The molecule has 0 saturated carbocycles. The van der Waals surface area contributed by atoms with E-state index in [4.69, 9.17) is 4.74 Å². The summed E-state index contributed by atoms with van der Waals surface area (Å²) in [5.41, 5.74) is -5.77. The molecule has 1 N–H and O–H groups in total. The molecule has 24 heavy (non-hydrogen) atoms. The molecule has 0 amide bonds. The van der Waals surface area contributed by atoms with Crippen LogP contribution in [0.5, 0.6) is 5.75 Å². The van der Waals surface area contributed by atoms with Crippen molar-refractivity contribution in [3.63, 3.8) is 0 Å². The van der Waals surface area contributed by atoms with E-state index in [-0.39, 0.29) is 11.5 Å². The van der Waals surface area contributed by atoms with Crippen LogP contribution in [0.25, 0.3) is 0 Å². The minimum Gasteiger partial charge on any atom is -0.493 e. The third-order valence-corrected chi connectivity index (χ3v) is 3.22. The lowest BCUT2D eigenvalue weighted by atomic mass is 9.93. The molecule has 9 heteroatoms. The van der Waals surface area contributed by atoms with Crippen molar-refractivity contribution < 1.29 is 40.6 Å². The molecule has 0 spiro atoms. The average molecular weight is 362 g/mol. The van der Waals surface area contributed by atoms with Gasteiger partial charge in [0.05, 0.1) is 12.7 Å². The van der Waals surface area contributed by atoms with E-state index >= 15 is 0 Å². The molecular weight excluding hydrogens is 345 g/mol. The van der Waals surface area contributed by atoms with Crippen LogP contribution in [0.2, 0.25) is 0 Å². The first-order valence-electron chi connectivity index (χ1n) is 7.01. The van der Waals surface area contributed by atoms with Crippen LogP contribution < -0.4 is 4.74 Å². The Balaban J connectivity index is 2.91. The lowest BCUT2D eigenvalue weighted by Crippen LogP contribution is -2.54. The van der Waals surface area contributed by atoms with Gasteiger partial charge in [-0.2, -0.15) is 26.3 Å². The molecule has 1 rings (SSSR count). The molecule has 1 atom stereocenters. The molecule has 138 valence electrons. The highest BCUT2D eigenvalue weighted by Crippen LogP contribution is 2.50. The molecule has 0 saturated heterocycles. The Kier molecular flexibility index (Phi) is 6.13. The highest BCUT2D eigenvalue weighted by molar-refractivity contribution is 5.29. The topological polar surface area (TPSA) is 29.5 Å². The highest BCUT2D eigenvalue weighted by Gasteiger charge is 2.72. The standard InChI is InChI=1S/C15H17F7O2/c1-9(2)8-24-11-5-3-10(4-6-11)12(23)7-13(16,14(17,18)19)15(20,21)22/h3-6,9,12,23H,7-8H2,1-2H3. The minimum absolute atomic E-state index is 0.209. The van der Waals surface area contributed by atoms with Gasteiger partial charge in [0.1, 0.15) is 5.75 Å². The van der Waals surface area contributed by atoms with Crippen LogP contribution in [-0.2, 0) is 0 Å². The van der Waals surface area contributed by atoms with Crippen LogP contribution in [-0.4, -0.2) is 29.7 Å². The summed E-state index contributed by atoms with van der Waals surface area (Å²) in [4.78, 5) is 0. The maximum atomic E-state index is 13.6. The second kappa shape index (κ2) is 7.16. The Morgan fingerprint density at radius 3 is 1.75 bits per heavy atom. The van der Waals surface area contributed by atoms with Crippen molar-refractivity contribution >= 4 is 0 Å².